The SMILES string of the molecule is O=C([O-])CNC[P+](=O)O[O-].[K+].[K+].[K]. The average molecular weight is 283 g/mol. The molecule has 0 aliphatic heterocycles. The third-order valence-electron chi connectivity index (χ3n) is 0.593. The zero-order chi connectivity index (χ0) is 7.98. The first-order valence-electron chi connectivity index (χ1n) is 2.32. The number of carboxylic acids is 1. The molecule has 1 N–H and O–H groups in total. The van der Waals surface area contributed by atoms with Crippen LogP contribution in [0.1, 0.15) is 0 Å². The fourth-order valence-corrected chi connectivity index (χ4v) is 0.623. The van der Waals surface area contributed by atoms with Crippen LogP contribution in [0, 0.1) is 0 Å². The molecular weight excluding hydrogens is 278 g/mol. The molecule has 6 nitrogen and oxygen atoms in total. The van der Waals surface area contributed by atoms with Gasteiger partial charge in [-0.15, -0.1) is 0 Å². The number of hydrogen-bond acceptors (Lipinski definition) is 6. The second-order valence-electron chi connectivity index (χ2n) is 1.36. The minimum Gasteiger partial charge on any atom is -0.674 e. The van der Waals surface area contributed by atoms with Gasteiger partial charge in [0, 0.05) is 57.9 Å². The molecule has 0 amide bonds. The summed E-state index contributed by atoms with van der Waals surface area (Å²) >= 11 is 0. The minimum absolute atomic E-state index is 0. The third-order valence-corrected chi connectivity index (χ3v) is 1.24. The zero-order valence-electron chi connectivity index (χ0n) is 7.90. The summed E-state index contributed by atoms with van der Waals surface area (Å²) in [4.78, 5) is 9.68. The van der Waals surface area contributed by atoms with Gasteiger partial charge in [-0.05, 0) is 4.57 Å². The van der Waals surface area contributed by atoms with Crippen LogP contribution in [-0.2, 0) is 14.0 Å². The van der Waals surface area contributed by atoms with Gasteiger partial charge in [-0.25, -0.2) is 0 Å². The maximum absolute atomic E-state index is 10.1. The van der Waals surface area contributed by atoms with Gasteiger partial charge in [0.05, 0.1) is 5.97 Å². The van der Waals surface area contributed by atoms with Gasteiger partial charge in [-0.1, -0.05) is 0 Å². The topological polar surface area (TPSA) is 102 Å². The summed E-state index contributed by atoms with van der Waals surface area (Å²) in [7, 11) is -2.32. The monoisotopic (exact) mass is 283 g/mol. The van der Waals surface area contributed by atoms with Gasteiger partial charge in [0.25, 0.3) is 0 Å². The van der Waals surface area contributed by atoms with E-state index in [4.69, 9.17) is 0 Å². The molecule has 10 heteroatoms. The van der Waals surface area contributed by atoms with Crippen LogP contribution in [0.3, 0.4) is 0 Å². The van der Waals surface area contributed by atoms with Gasteiger partial charge in [0.15, 0.2) is 0 Å². The van der Waals surface area contributed by atoms with Crippen LogP contribution in [0.15, 0.2) is 0 Å². The summed E-state index contributed by atoms with van der Waals surface area (Å²) in [5, 5.41) is 21.2. The summed E-state index contributed by atoms with van der Waals surface area (Å²) in [6.45, 7) is -0.440. The number of nitrogens with one attached hydrogen (secondary N) is 1. The van der Waals surface area contributed by atoms with E-state index in [2.05, 4.69) is 9.99 Å². The molecule has 0 aliphatic carbocycles. The average Bonchev–Trinajstić information content (AvgIpc) is 1.87. The van der Waals surface area contributed by atoms with Gasteiger partial charge in [-0.3, -0.25) is 5.32 Å². The molecule has 0 rings (SSSR count). The Balaban J connectivity index is -0.000000135. The van der Waals surface area contributed by atoms with E-state index in [0.29, 0.717) is 0 Å². The van der Waals surface area contributed by atoms with Crippen LogP contribution in [0.5, 0.6) is 0 Å². The zero-order valence-corrected chi connectivity index (χ0v) is 18.2. The molecule has 59 valence electrons. The fraction of sp³-hybridized carbons (Fsp3) is 0.667. The van der Waals surface area contributed by atoms with Crippen molar-refractivity contribution in [3.8, 4) is 0 Å². The first-order chi connectivity index (χ1) is 4.66. The van der Waals surface area contributed by atoms with Crippen molar-refractivity contribution in [3.63, 3.8) is 0 Å². The number of carbonyl (C=O) groups excluding carboxylic acids is 1. The summed E-state index contributed by atoms with van der Waals surface area (Å²) < 4.78 is 13.2. The predicted octanol–water partition coefficient (Wildman–Crippen LogP) is -9.06. The standard InChI is InChI=1S/C3H6NO5P.3K/c5-3(6)1-4-2-10(8)9-7;;;/h4H,1-2H2,(H-,5,6,7);;;/q;;2*+1/p-1. The van der Waals surface area contributed by atoms with E-state index in [9.17, 15) is 19.7 Å². The predicted molar refractivity (Wildman–Crippen MR) is 32.3 cm³/mol. The molecule has 1 atom stereocenters. The Labute approximate surface area is 204 Å². The molecule has 0 saturated heterocycles. The van der Waals surface area contributed by atoms with Crippen LogP contribution in [0.25, 0.3) is 0 Å². The minimum atomic E-state index is -2.32. The Hall–Kier alpha value is 4.36. The van der Waals surface area contributed by atoms with Crippen molar-refractivity contribution in [2.45, 2.75) is 0 Å². The van der Waals surface area contributed by atoms with E-state index in [1.807, 2.05) is 0 Å². The summed E-state index contributed by atoms with van der Waals surface area (Å²) in [5.74, 6) is -1.32. The molecule has 1 unspecified atom stereocenters. The Morgan fingerprint density at radius 1 is 1.46 bits per heavy atom. The second kappa shape index (κ2) is 18.7. The number of carboxylic acid groups (broad SMARTS) is 1. The number of carbonyl (C=O) groups is 1. The normalized spacial score (nSPS) is 8.54. The Morgan fingerprint density at radius 3 is 2.23 bits per heavy atom. The van der Waals surface area contributed by atoms with Gasteiger partial charge >= 0.3 is 111 Å². The molecule has 0 aromatic heterocycles. The molecule has 0 saturated carbocycles. The molecular formula is C3H5K3NO5P+. The second-order valence-corrected chi connectivity index (χ2v) is 2.49. The number of aliphatic carboxylic acids is 1. The van der Waals surface area contributed by atoms with Crippen molar-refractivity contribution in [2.24, 2.45) is 0 Å². The molecule has 0 spiro atoms. The Morgan fingerprint density at radius 2 is 1.92 bits per heavy atom. The van der Waals surface area contributed by atoms with E-state index in [0.717, 1.165) is 0 Å². The van der Waals surface area contributed by atoms with Crippen LogP contribution in [0.4, 0.5) is 0 Å². The summed E-state index contributed by atoms with van der Waals surface area (Å²) in [5.41, 5.74) is 0. The van der Waals surface area contributed by atoms with Crippen molar-refractivity contribution in [3.05, 3.63) is 0 Å². The smallest absolute Gasteiger partial charge is 0.674 e. The van der Waals surface area contributed by atoms with Gasteiger partial charge < -0.3 is 15.2 Å². The maximum atomic E-state index is 10.1. The Bertz CT molecular complexity index is 147. The number of rotatable bonds is 5. The Kier molecular flexibility index (Phi) is 37.5. The van der Waals surface area contributed by atoms with Crippen LogP contribution < -0.4 is 118 Å². The van der Waals surface area contributed by atoms with Crippen molar-refractivity contribution >= 4 is 65.4 Å². The first-order valence-corrected chi connectivity index (χ1v) is 3.68. The first kappa shape index (κ1) is 26.0. The van der Waals surface area contributed by atoms with Crippen molar-refractivity contribution in [1.29, 1.82) is 0 Å². The molecule has 0 bridgehead atoms. The van der Waals surface area contributed by atoms with Gasteiger partial charge in [0.2, 0.25) is 6.29 Å². The summed E-state index contributed by atoms with van der Waals surface area (Å²) in [6, 6.07) is 0. The van der Waals surface area contributed by atoms with E-state index >= 15 is 0 Å². The van der Waals surface area contributed by atoms with Crippen LogP contribution >= 0.6 is 8.03 Å². The van der Waals surface area contributed by atoms with Crippen LogP contribution in [0.2, 0.25) is 0 Å². The fourth-order valence-electron chi connectivity index (χ4n) is 0.276. The molecule has 1 radical (unpaired) electrons. The van der Waals surface area contributed by atoms with E-state index in [1.165, 1.54) is 0 Å². The number of hydrogen-bond donors (Lipinski definition) is 1. The van der Waals surface area contributed by atoms with Crippen molar-refractivity contribution in [1.82, 2.24) is 5.32 Å². The van der Waals surface area contributed by atoms with E-state index in [-0.39, 0.29) is 160 Å². The van der Waals surface area contributed by atoms with Gasteiger partial charge in [0.1, 0.15) is 0 Å². The molecule has 0 aliphatic rings. The quantitative estimate of drug-likeness (QED) is 0.233. The van der Waals surface area contributed by atoms with E-state index in [1.54, 1.807) is 0 Å². The third kappa shape index (κ3) is 22.1. The molecule has 0 heterocycles. The largest absolute Gasteiger partial charge is 1.00 e. The van der Waals surface area contributed by atoms with Crippen LogP contribution in [-0.4, -0.2) is 70.2 Å². The molecule has 0 fully saturated rings. The van der Waals surface area contributed by atoms with Gasteiger partial charge in [-0.2, -0.15) is 4.67 Å². The van der Waals surface area contributed by atoms with Crippen molar-refractivity contribution < 1.29 is 127 Å². The molecule has 13 heavy (non-hydrogen) atoms. The maximum Gasteiger partial charge on any atom is 1.00 e. The van der Waals surface area contributed by atoms with Crippen molar-refractivity contribution in [2.75, 3.05) is 12.8 Å². The summed E-state index contributed by atoms with van der Waals surface area (Å²) in [6.07, 6.45) is -0.271. The molecule has 0 aromatic rings. The van der Waals surface area contributed by atoms with E-state index < -0.39 is 20.5 Å². The molecule has 0 aromatic carbocycles.